The molecule has 0 aliphatic carbocycles. The maximum absolute atomic E-state index is 12.7. The summed E-state index contributed by atoms with van der Waals surface area (Å²) in [6, 6.07) is 9.25. The van der Waals surface area contributed by atoms with E-state index in [2.05, 4.69) is 25.5 Å². The van der Waals surface area contributed by atoms with E-state index >= 15 is 0 Å². The lowest BCUT2D eigenvalue weighted by Gasteiger charge is -2.29. The molecule has 162 valence electrons. The molecule has 1 saturated heterocycles. The predicted octanol–water partition coefficient (Wildman–Crippen LogP) is 2.58. The van der Waals surface area contributed by atoms with Crippen molar-refractivity contribution >= 4 is 23.3 Å². The third kappa shape index (κ3) is 4.68. The topological polar surface area (TPSA) is 91.6 Å². The molecule has 1 aliphatic rings. The van der Waals surface area contributed by atoms with Gasteiger partial charge in [-0.2, -0.15) is 0 Å². The highest BCUT2D eigenvalue weighted by molar-refractivity contribution is 5.99. The summed E-state index contributed by atoms with van der Waals surface area (Å²) in [5.41, 5.74) is 2.59. The summed E-state index contributed by atoms with van der Waals surface area (Å²) in [5, 5.41) is 5.88. The fourth-order valence-electron chi connectivity index (χ4n) is 3.99. The highest BCUT2D eigenvalue weighted by Gasteiger charge is 2.19. The summed E-state index contributed by atoms with van der Waals surface area (Å²) in [7, 11) is 0. The lowest BCUT2D eigenvalue weighted by atomic mass is 10.1. The molecule has 0 atom stereocenters. The number of aryl methyl sites for hydroxylation is 1. The van der Waals surface area contributed by atoms with Gasteiger partial charge in [0.25, 0.3) is 11.8 Å². The molecule has 0 aromatic carbocycles. The highest BCUT2D eigenvalue weighted by Crippen LogP contribution is 2.21. The molecule has 0 saturated carbocycles. The molecule has 8 nitrogen and oxygen atoms in total. The van der Waals surface area contributed by atoms with Gasteiger partial charge in [0, 0.05) is 38.6 Å². The second-order valence-corrected chi connectivity index (χ2v) is 7.76. The SMILES string of the molecule is Cc1nc2ccccn2c1C(=O)NCCCNC(=O)c1cccnc1N1CCCCC1. The van der Waals surface area contributed by atoms with Gasteiger partial charge in [0.1, 0.15) is 17.2 Å². The number of nitrogens with one attached hydrogen (secondary N) is 2. The minimum absolute atomic E-state index is 0.127. The van der Waals surface area contributed by atoms with E-state index in [0.29, 0.717) is 36.5 Å². The zero-order valence-corrected chi connectivity index (χ0v) is 17.8. The first-order valence-electron chi connectivity index (χ1n) is 10.8. The van der Waals surface area contributed by atoms with Gasteiger partial charge >= 0.3 is 0 Å². The van der Waals surface area contributed by atoms with Crippen LogP contribution in [0.2, 0.25) is 0 Å². The quantitative estimate of drug-likeness (QED) is 0.573. The summed E-state index contributed by atoms with van der Waals surface area (Å²) in [6.07, 6.45) is 7.68. The molecule has 3 aromatic heterocycles. The number of piperidine rings is 1. The van der Waals surface area contributed by atoms with Crippen molar-refractivity contribution in [3.05, 3.63) is 59.7 Å². The molecule has 0 bridgehead atoms. The maximum atomic E-state index is 12.7. The van der Waals surface area contributed by atoms with Crippen molar-refractivity contribution in [1.29, 1.82) is 0 Å². The van der Waals surface area contributed by atoms with Crippen LogP contribution in [0, 0.1) is 6.92 Å². The molecular weight excluding hydrogens is 392 g/mol. The fourth-order valence-corrected chi connectivity index (χ4v) is 3.99. The van der Waals surface area contributed by atoms with Crippen molar-refractivity contribution < 1.29 is 9.59 Å². The zero-order chi connectivity index (χ0) is 21.6. The summed E-state index contributed by atoms with van der Waals surface area (Å²) in [6.45, 7) is 4.64. The molecule has 4 heterocycles. The molecule has 1 aliphatic heterocycles. The summed E-state index contributed by atoms with van der Waals surface area (Å²) < 4.78 is 1.79. The van der Waals surface area contributed by atoms with Crippen molar-refractivity contribution in [2.75, 3.05) is 31.1 Å². The van der Waals surface area contributed by atoms with Gasteiger partial charge in [0.2, 0.25) is 0 Å². The smallest absolute Gasteiger partial charge is 0.270 e. The Balaban J connectivity index is 1.28. The molecule has 4 rings (SSSR count). The van der Waals surface area contributed by atoms with E-state index < -0.39 is 0 Å². The van der Waals surface area contributed by atoms with Crippen LogP contribution in [0.4, 0.5) is 5.82 Å². The summed E-state index contributed by atoms with van der Waals surface area (Å²) in [4.78, 5) is 36.4. The Hall–Kier alpha value is -3.42. The van der Waals surface area contributed by atoms with Gasteiger partial charge in [-0.3, -0.25) is 14.0 Å². The van der Waals surface area contributed by atoms with Gasteiger partial charge in [-0.15, -0.1) is 0 Å². The Morgan fingerprint density at radius 3 is 2.58 bits per heavy atom. The second kappa shape index (κ2) is 9.59. The van der Waals surface area contributed by atoms with Gasteiger partial charge in [-0.25, -0.2) is 9.97 Å². The van der Waals surface area contributed by atoms with Crippen LogP contribution < -0.4 is 15.5 Å². The number of imidazole rings is 1. The van der Waals surface area contributed by atoms with Crippen LogP contribution in [0.5, 0.6) is 0 Å². The molecule has 1 fully saturated rings. The first kappa shape index (κ1) is 20.8. The van der Waals surface area contributed by atoms with Gasteiger partial charge < -0.3 is 15.5 Å². The average Bonchev–Trinajstić information content (AvgIpc) is 3.15. The van der Waals surface area contributed by atoms with E-state index in [1.165, 1.54) is 6.42 Å². The zero-order valence-electron chi connectivity index (χ0n) is 17.8. The molecule has 31 heavy (non-hydrogen) atoms. The van der Waals surface area contributed by atoms with E-state index in [0.717, 1.165) is 37.4 Å². The molecule has 0 radical (unpaired) electrons. The summed E-state index contributed by atoms with van der Waals surface area (Å²) >= 11 is 0. The minimum Gasteiger partial charge on any atom is -0.356 e. The van der Waals surface area contributed by atoms with Crippen molar-refractivity contribution in [3.8, 4) is 0 Å². The Labute approximate surface area is 181 Å². The number of carbonyl (C=O) groups excluding carboxylic acids is 2. The lowest BCUT2D eigenvalue weighted by Crippen LogP contribution is -2.34. The number of anilines is 1. The number of fused-ring (bicyclic) bond motifs is 1. The Kier molecular flexibility index (Phi) is 6.45. The predicted molar refractivity (Wildman–Crippen MR) is 120 cm³/mol. The molecule has 8 heteroatoms. The number of carbonyl (C=O) groups is 2. The fraction of sp³-hybridized carbons (Fsp3) is 0.391. The van der Waals surface area contributed by atoms with Crippen molar-refractivity contribution in [1.82, 2.24) is 25.0 Å². The first-order chi connectivity index (χ1) is 15.1. The van der Waals surface area contributed by atoms with Crippen LogP contribution in [0.3, 0.4) is 0 Å². The van der Waals surface area contributed by atoms with Crippen molar-refractivity contribution in [3.63, 3.8) is 0 Å². The Morgan fingerprint density at radius 2 is 1.77 bits per heavy atom. The number of nitrogens with zero attached hydrogens (tertiary/aromatic N) is 4. The van der Waals surface area contributed by atoms with E-state index in [1.807, 2.05) is 37.4 Å². The number of hydrogen-bond acceptors (Lipinski definition) is 5. The van der Waals surface area contributed by atoms with Crippen molar-refractivity contribution in [2.45, 2.75) is 32.6 Å². The Morgan fingerprint density at radius 1 is 1.00 bits per heavy atom. The van der Waals surface area contributed by atoms with Crippen LogP contribution >= 0.6 is 0 Å². The largest absolute Gasteiger partial charge is 0.356 e. The van der Waals surface area contributed by atoms with Crippen molar-refractivity contribution in [2.24, 2.45) is 0 Å². The molecule has 3 aromatic rings. The van der Waals surface area contributed by atoms with E-state index in [4.69, 9.17) is 0 Å². The lowest BCUT2D eigenvalue weighted by molar-refractivity contribution is 0.0946. The van der Waals surface area contributed by atoms with Crippen LogP contribution in [0.25, 0.3) is 5.65 Å². The third-order valence-electron chi connectivity index (χ3n) is 5.53. The number of aromatic nitrogens is 3. The second-order valence-electron chi connectivity index (χ2n) is 7.76. The van der Waals surface area contributed by atoms with E-state index in [1.54, 1.807) is 16.7 Å². The molecule has 2 amide bonds. The molecule has 0 unspecified atom stereocenters. The van der Waals surface area contributed by atoms with Crippen LogP contribution in [0.15, 0.2) is 42.7 Å². The Bertz CT molecular complexity index is 1070. The summed E-state index contributed by atoms with van der Waals surface area (Å²) in [5.74, 6) is 0.468. The normalized spacial score (nSPS) is 13.9. The monoisotopic (exact) mass is 420 g/mol. The van der Waals surface area contributed by atoms with Gasteiger partial charge in [-0.05, 0) is 56.9 Å². The molecule has 2 N–H and O–H groups in total. The van der Waals surface area contributed by atoms with Gasteiger partial charge in [0.15, 0.2) is 0 Å². The number of amides is 2. The van der Waals surface area contributed by atoms with Gasteiger partial charge in [0.05, 0.1) is 11.3 Å². The standard InChI is InChI=1S/C23H28N6O2/c1-17-20(29-16-6-3-10-19(29)27-17)23(31)26-13-8-12-25-22(30)18-9-7-11-24-21(18)28-14-4-2-5-15-28/h3,6-7,9-11,16H,2,4-5,8,12-15H2,1H3,(H,25,30)(H,26,31). The maximum Gasteiger partial charge on any atom is 0.270 e. The van der Waals surface area contributed by atoms with E-state index in [-0.39, 0.29) is 11.8 Å². The molecular formula is C23H28N6O2. The van der Waals surface area contributed by atoms with Crippen LogP contribution in [0.1, 0.15) is 52.2 Å². The number of hydrogen-bond donors (Lipinski definition) is 2. The first-order valence-corrected chi connectivity index (χ1v) is 10.8. The number of rotatable bonds is 7. The van der Waals surface area contributed by atoms with Crippen LogP contribution in [-0.4, -0.2) is 52.4 Å². The van der Waals surface area contributed by atoms with Crippen LogP contribution in [-0.2, 0) is 0 Å². The third-order valence-corrected chi connectivity index (χ3v) is 5.53. The molecule has 0 spiro atoms. The van der Waals surface area contributed by atoms with Gasteiger partial charge in [-0.1, -0.05) is 6.07 Å². The van der Waals surface area contributed by atoms with E-state index in [9.17, 15) is 9.59 Å². The average molecular weight is 421 g/mol. The highest BCUT2D eigenvalue weighted by atomic mass is 16.2. The minimum atomic E-state index is -0.165. The number of pyridine rings is 2.